The number of H-pyrrole nitrogens is 1. The first-order chi connectivity index (χ1) is 9.60. The number of benzene rings is 1. The number of imidazole rings is 1. The van der Waals surface area contributed by atoms with Crippen LogP contribution in [-0.2, 0) is 11.8 Å². The van der Waals surface area contributed by atoms with Crippen molar-refractivity contribution in [1.29, 1.82) is 0 Å². The minimum absolute atomic E-state index is 0.309. The highest BCUT2D eigenvalue weighted by molar-refractivity contribution is 5.89. The van der Waals surface area contributed by atoms with E-state index >= 15 is 0 Å². The quantitative estimate of drug-likeness (QED) is 0.730. The van der Waals surface area contributed by atoms with Crippen molar-refractivity contribution < 1.29 is 13.9 Å². The van der Waals surface area contributed by atoms with Crippen molar-refractivity contribution in [1.82, 2.24) is 14.5 Å². The van der Waals surface area contributed by atoms with Crippen LogP contribution >= 0.6 is 0 Å². The number of esters is 1. The molecule has 2 heterocycles. The monoisotopic (exact) mass is 273 g/mol. The Morgan fingerprint density at radius 3 is 2.95 bits per heavy atom. The lowest BCUT2D eigenvalue weighted by Crippen LogP contribution is -2.00. The molecule has 0 bridgehead atoms. The Hall–Kier alpha value is -2.63. The zero-order valence-electron chi connectivity index (χ0n) is 11.0. The van der Waals surface area contributed by atoms with Gasteiger partial charge in [0.1, 0.15) is 17.3 Å². The van der Waals surface area contributed by atoms with E-state index in [1.165, 1.54) is 19.2 Å². The van der Waals surface area contributed by atoms with Crippen LogP contribution in [0.4, 0.5) is 4.39 Å². The summed E-state index contributed by atoms with van der Waals surface area (Å²) in [5, 5.41) is 0. The Labute approximate surface area is 114 Å². The standard InChI is InChI=1S/C14H12FN3O2/c1-18-12-6-9(15)3-4-10(12)17-13(18)8-5-11(16-7-8)14(19)20-2/h3-7,16H,1-2H3. The number of aromatic nitrogens is 3. The Balaban J connectivity index is 2.12. The van der Waals surface area contributed by atoms with E-state index in [0.29, 0.717) is 22.6 Å². The number of ether oxygens (including phenoxy) is 1. The van der Waals surface area contributed by atoms with Gasteiger partial charge in [0, 0.05) is 18.8 Å². The fraction of sp³-hybridized carbons (Fsp3) is 0.143. The summed E-state index contributed by atoms with van der Waals surface area (Å²) in [6.07, 6.45) is 1.67. The molecular weight excluding hydrogens is 261 g/mol. The summed E-state index contributed by atoms with van der Waals surface area (Å²) in [4.78, 5) is 18.7. The molecule has 0 radical (unpaired) electrons. The molecule has 0 spiro atoms. The Morgan fingerprint density at radius 2 is 2.20 bits per heavy atom. The SMILES string of the molecule is COC(=O)c1cc(-c2nc3ccc(F)cc3n2C)c[nH]1. The van der Waals surface area contributed by atoms with Gasteiger partial charge in [0.05, 0.1) is 18.1 Å². The number of aromatic amines is 1. The predicted octanol–water partition coefficient (Wildman–Crippen LogP) is 2.49. The van der Waals surface area contributed by atoms with Crippen molar-refractivity contribution in [3.63, 3.8) is 0 Å². The second-order valence-corrected chi connectivity index (χ2v) is 4.42. The third kappa shape index (κ3) is 1.85. The molecule has 20 heavy (non-hydrogen) atoms. The zero-order valence-corrected chi connectivity index (χ0v) is 11.0. The van der Waals surface area contributed by atoms with Gasteiger partial charge >= 0.3 is 5.97 Å². The molecule has 6 heteroatoms. The molecule has 1 N–H and O–H groups in total. The second kappa shape index (κ2) is 4.48. The molecule has 0 saturated heterocycles. The van der Waals surface area contributed by atoms with Gasteiger partial charge in [-0.1, -0.05) is 0 Å². The summed E-state index contributed by atoms with van der Waals surface area (Å²) in [6.45, 7) is 0. The van der Waals surface area contributed by atoms with Crippen LogP contribution in [-0.4, -0.2) is 27.6 Å². The second-order valence-electron chi connectivity index (χ2n) is 4.42. The number of rotatable bonds is 2. The van der Waals surface area contributed by atoms with E-state index in [9.17, 15) is 9.18 Å². The van der Waals surface area contributed by atoms with Crippen LogP contribution in [0.5, 0.6) is 0 Å². The maximum atomic E-state index is 13.3. The summed E-state index contributed by atoms with van der Waals surface area (Å²) in [5.74, 6) is -0.102. The molecule has 2 aromatic heterocycles. The van der Waals surface area contributed by atoms with Crippen LogP contribution in [0.2, 0.25) is 0 Å². The zero-order chi connectivity index (χ0) is 14.3. The fourth-order valence-electron chi connectivity index (χ4n) is 2.17. The minimum Gasteiger partial charge on any atom is -0.464 e. The molecule has 0 aliphatic carbocycles. The summed E-state index contributed by atoms with van der Waals surface area (Å²) in [6, 6.07) is 6.08. The van der Waals surface area contributed by atoms with Crippen LogP contribution in [0.1, 0.15) is 10.5 Å². The smallest absolute Gasteiger partial charge is 0.354 e. The highest BCUT2D eigenvalue weighted by Crippen LogP contribution is 2.24. The number of aryl methyl sites for hydroxylation is 1. The molecule has 0 atom stereocenters. The van der Waals surface area contributed by atoms with Gasteiger partial charge in [0.2, 0.25) is 0 Å². The predicted molar refractivity (Wildman–Crippen MR) is 71.8 cm³/mol. The van der Waals surface area contributed by atoms with Crippen LogP contribution in [0, 0.1) is 5.82 Å². The third-order valence-corrected chi connectivity index (χ3v) is 3.19. The number of hydrogen-bond acceptors (Lipinski definition) is 3. The molecule has 0 unspecified atom stereocenters. The molecule has 0 fully saturated rings. The van der Waals surface area contributed by atoms with Crippen LogP contribution in [0.25, 0.3) is 22.4 Å². The lowest BCUT2D eigenvalue weighted by molar-refractivity contribution is 0.0595. The Bertz CT molecular complexity index is 804. The van der Waals surface area contributed by atoms with Gasteiger partial charge in [-0.05, 0) is 24.3 Å². The van der Waals surface area contributed by atoms with Crippen molar-refractivity contribution >= 4 is 17.0 Å². The maximum absolute atomic E-state index is 13.3. The largest absolute Gasteiger partial charge is 0.464 e. The van der Waals surface area contributed by atoms with Gasteiger partial charge < -0.3 is 14.3 Å². The van der Waals surface area contributed by atoms with Gasteiger partial charge in [-0.3, -0.25) is 0 Å². The fourth-order valence-corrected chi connectivity index (χ4v) is 2.17. The van der Waals surface area contributed by atoms with E-state index in [0.717, 1.165) is 5.56 Å². The Morgan fingerprint density at radius 1 is 1.40 bits per heavy atom. The average molecular weight is 273 g/mol. The highest BCUT2D eigenvalue weighted by Gasteiger charge is 2.14. The number of hydrogen-bond donors (Lipinski definition) is 1. The third-order valence-electron chi connectivity index (χ3n) is 3.19. The first kappa shape index (κ1) is 12.4. The van der Waals surface area contributed by atoms with E-state index in [1.807, 2.05) is 0 Å². The van der Waals surface area contributed by atoms with E-state index in [4.69, 9.17) is 0 Å². The first-order valence-corrected chi connectivity index (χ1v) is 5.99. The van der Waals surface area contributed by atoms with E-state index in [-0.39, 0.29) is 5.82 Å². The molecule has 0 aliphatic heterocycles. The number of nitrogens with zero attached hydrogens (tertiary/aromatic N) is 2. The van der Waals surface area contributed by atoms with Crippen molar-refractivity contribution in [3.8, 4) is 11.4 Å². The topological polar surface area (TPSA) is 59.9 Å². The molecule has 0 saturated carbocycles. The van der Waals surface area contributed by atoms with Crippen molar-refractivity contribution in [2.45, 2.75) is 0 Å². The van der Waals surface area contributed by atoms with Crippen molar-refractivity contribution in [2.75, 3.05) is 7.11 Å². The lowest BCUT2D eigenvalue weighted by Gasteiger charge is -1.99. The number of carbonyl (C=O) groups is 1. The van der Waals surface area contributed by atoms with Crippen molar-refractivity contribution in [3.05, 3.63) is 42.0 Å². The van der Waals surface area contributed by atoms with Crippen molar-refractivity contribution in [2.24, 2.45) is 7.05 Å². The highest BCUT2D eigenvalue weighted by atomic mass is 19.1. The maximum Gasteiger partial charge on any atom is 0.354 e. The minimum atomic E-state index is -0.443. The molecule has 0 aliphatic rings. The van der Waals surface area contributed by atoms with E-state index in [2.05, 4.69) is 14.7 Å². The number of carbonyl (C=O) groups excluding carboxylic acids is 1. The molecule has 3 rings (SSSR count). The van der Waals surface area contributed by atoms with Gasteiger partial charge in [0.15, 0.2) is 0 Å². The van der Waals surface area contributed by atoms with E-state index < -0.39 is 5.97 Å². The molecule has 3 aromatic rings. The summed E-state index contributed by atoms with van der Waals surface area (Å²) in [5.41, 5.74) is 2.48. The van der Waals surface area contributed by atoms with Gasteiger partial charge in [-0.25, -0.2) is 14.2 Å². The normalized spacial score (nSPS) is 10.9. The number of fused-ring (bicyclic) bond motifs is 1. The van der Waals surface area contributed by atoms with Crippen LogP contribution in [0.3, 0.4) is 0 Å². The average Bonchev–Trinajstić information content (AvgIpc) is 3.04. The van der Waals surface area contributed by atoms with E-state index in [1.54, 1.807) is 29.9 Å². The van der Waals surface area contributed by atoms with Gasteiger partial charge in [-0.15, -0.1) is 0 Å². The Kier molecular flexibility index (Phi) is 2.78. The summed E-state index contributed by atoms with van der Waals surface area (Å²) >= 11 is 0. The first-order valence-electron chi connectivity index (χ1n) is 5.99. The molecular formula is C14H12FN3O2. The lowest BCUT2D eigenvalue weighted by atomic mass is 10.3. The van der Waals surface area contributed by atoms with Crippen LogP contribution in [0.15, 0.2) is 30.5 Å². The molecule has 5 nitrogen and oxygen atoms in total. The number of halogens is 1. The molecule has 0 amide bonds. The number of methoxy groups -OCH3 is 1. The molecule has 1 aromatic carbocycles. The molecule has 102 valence electrons. The number of nitrogens with one attached hydrogen (secondary N) is 1. The van der Waals surface area contributed by atoms with Gasteiger partial charge in [-0.2, -0.15) is 0 Å². The van der Waals surface area contributed by atoms with Gasteiger partial charge in [0.25, 0.3) is 0 Å². The summed E-state index contributed by atoms with van der Waals surface area (Å²) < 4.78 is 19.7. The summed E-state index contributed by atoms with van der Waals surface area (Å²) in [7, 11) is 3.12. The van der Waals surface area contributed by atoms with Crippen LogP contribution < -0.4 is 0 Å².